The summed E-state index contributed by atoms with van der Waals surface area (Å²) in [5.41, 5.74) is 1.88. The van der Waals surface area contributed by atoms with Gasteiger partial charge in [0.1, 0.15) is 10.6 Å². The molecule has 0 saturated carbocycles. The molecule has 0 spiro atoms. The average molecular weight is 497 g/mol. The van der Waals surface area contributed by atoms with E-state index < -0.39 is 0 Å². The molecule has 0 bridgehead atoms. The lowest BCUT2D eigenvalue weighted by molar-refractivity contribution is 0.325. The Balaban J connectivity index is 1.51. The van der Waals surface area contributed by atoms with E-state index in [1.54, 1.807) is 41.2 Å². The molecule has 0 amide bonds. The SMILES string of the molecule is COc1ccc(-n2c(SCCOc3ccccc3F)nc3sc4c(c3c2=O)CCCCC4)cc1. The van der Waals surface area contributed by atoms with Crippen LogP contribution in [0.3, 0.4) is 0 Å². The Bertz CT molecular complexity index is 1370. The van der Waals surface area contributed by atoms with Crippen LogP contribution in [0.4, 0.5) is 4.39 Å². The fourth-order valence-electron chi connectivity index (χ4n) is 4.27. The molecule has 4 aromatic rings. The normalized spacial score (nSPS) is 13.5. The van der Waals surface area contributed by atoms with Gasteiger partial charge < -0.3 is 9.47 Å². The van der Waals surface area contributed by atoms with Gasteiger partial charge in [-0.15, -0.1) is 11.3 Å². The number of nitrogens with zero attached hydrogens (tertiary/aromatic N) is 2. The van der Waals surface area contributed by atoms with E-state index in [-0.39, 0.29) is 17.1 Å². The Morgan fingerprint density at radius 1 is 1.09 bits per heavy atom. The number of ether oxygens (including phenoxy) is 2. The lowest BCUT2D eigenvalue weighted by Gasteiger charge is -2.13. The van der Waals surface area contributed by atoms with Crippen LogP contribution in [0.15, 0.2) is 58.5 Å². The van der Waals surface area contributed by atoms with Crippen molar-refractivity contribution in [3.8, 4) is 17.2 Å². The molecule has 176 valence electrons. The number of para-hydroxylation sites is 1. The summed E-state index contributed by atoms with van der Waals surface area (Å²) in [6.07, 6.45) is 5.39. The highest BCUT2D eigenvalue weighted by Crippen LogP contribution is 2.35. The number of aromatic nitrogens is 2. The zero-order valence-electron chi connectivity index (χ0n) is 18.9. The van der Waals surface area contributed by atoms with Crippen molar-refractivity contribution in [1.29, 1.82) is 0 Å². The molecule has 5 nitrogen and oxygen atoms in total. The van der Waals surface area contributed by atoms with Gasteiger partial charge in [-0.25, -0.2) is 9.37 Å². The predicted molar refractivity (Wildman–Crippen MR) is 136 cm³/mol. The zero-order chi connectivity index (χ0) is 23.5. The van der Waals surface area contributed by atoms with Crippen molar-refractivity contribution in [2.45, 2.75) is 37.3 Å². The second kappa shape index (κ2) is 10.2. The Morgan fingerprint density at radius 2 is 1.88 bits per heavy atom. The van der Waals surface area contributed by atoms with Gasteiger partial charge in [-0.2, -0.15) is 0 Å². The van der Waals surface area contributed by atoms with Crippen LogP contribution in [0.2, 0.25) is 0 Å². The number of rotatable bonds is 7. The van der Waals surface area contributed by atoms with Crippen LogP contribution in [0.5, 0.6) is 11.5 Å². The van der Waals surface area contributed by atoms with Gasteiger partial charge in [0.25, 0.3) is 5.56 Å². The molecule has 2 heterocycles. The van der Waals surface area contributed by atoms with E-state index in [9.17, 15) is 9.18 Å². The minimum absolute atomic E-state index is 0.0351. The van der Waals surface area contributed by atoms with E-state index in [1.807, 2.05) is 24.3 Å². The average Bonchev–Trinajstić information content (AvgIpc) is 3.04. The van der Waals surface area contributed by atoms with Crippen molar-refractivity contribution >= 4 is 33.3 Å². The number of methoxy groups -OCH3 is 1. The molecule has 5 rings (SSSR count). The van der Waals surface area contributed by atoms with Gasteiger partial charge in [-0.3, -0.25) is 9.36 Å². The van der Waals surface area contributed by atoms with Crippen LogP contribution in [-0.2, 0) is 12.8 Å². The molecule has 0 radical (unpaired) electrons. The van der Waals surface area contributed by atoms with Gasteiger partial charge in [0.05, 0.1) is 24.8 Å². The van der Waals surface area contributed by atoms with Crippen molar-refractivity contribution in [3.05, 3.63) is 75.1 Å². The molecule has 0 atom stereocenters. The number of aryl methyl sites for hydroxylation is 2. The first kappa shape index (κ1) is 22.9. The van der Waals surface area contributed by atoms with E-state index in [2.05, 4.69) is 0 Å². The number of hydrogen-bond acceptors (Lipinski definition) is 6. The third kappa shape index (κ3) is 4.57. The van der Waals surface area contributed by atoms with E-state index >= 15 is 0 Å². The van der Waals surface area contributed by atoms with Crippen LogP contribution in [0, 0.1) is 5.82 Å². The molecule has 34 heavy (non-hydrogen) atoms. The second-order valence-corrected chi connectivity index (χ2v) is 10.3. The maximum atomic E-state index is 13.9. The smallest absolute Gasteiger partial charge is 0.267 e. The van der Waals surface area contributed by atoms with Crippen molar-refractivity contribution in [3.63, 3.8) is 0 Å². The lowest BCUT2D eigenvalue weighted by Crippen LogP contribution is -2.22. The molecule has 0 unspecified atom stereocenters. The monoisotopic (exact) mass is 496 g/mol. The van der Waals surface area contributed by atoms with Crippen LogP contribution < -0.4 is 15.0 Å². The lowest BCUT2D eigenvalue weighted by atomic mass is 10.1. The van der Waals surface area contributed by atoms with Gasteiger partial charge in [0.15, 0.2) is 16.7 Å². The number of benzene rings is 2. The van der Waals surface area contributed by atoms with E-state index in [4.69, 9.17) is 14.5 Å². The molecule has 2 aromatic heterocycles. The third-order valence-electron chi connectivity index (χ3n) is 5.95. The molecule has 1 aliphatic carbocycles. The summed E-state index contributed by atoms with van der Waals surface area (Å²) in [6.45, 7) is 0.295. The summed E-state index contributed by atoms with van der Waals surface area (Å²) in [7, 11) is 1.62. The Morgan fingerprint density at radius 3 is 2.68 bits per heavy atom. The van der Waals surface area contributed by atoms with Gasteiger partial charge in [0.2, 0.25) is 0 Å². The molecular weight excluding hydrogens is 471 g/mol. The highest BCUT2D eigenvalue weighted by Gasteiger charge is 2.22. The summed E-state index contributed by atoms with van der Waals surface area (Å²) in [5, 5.41) is 1.36. The van der Waals surface area contributed by atoms with Crippen LogP contribution >= 0.6 is 23.1 Å². The van der Waals surface area contributed by atoms with Crippen LogP contribution in [-0.4, -0.2) is 29.0 Å². The quantitative estimate of drug-likeness (QED) is 0.135. The molecule has 0 saturated heterocycles. The van der Waals surface area contributed by atoms with E-state index in [0.29, 0.717) is 17.5 Å². The summed E-state index contributed by atoms with van der Waals surface area (Å²) in [5.74, 6) is 1.08. The third-order valence-corrected chi connectivity index (χ3v) is 8.04. The number of hydrogen-bond donors (Lipinski definition) is 0. The first-order valence-corrected chi connectivity index (χ1v) is 13.2. The molecular formula is C26H25FN2O3S2. The standard InChI is InChI=1S/C26H25FN2O3S2/c1-31-18-13-11-17(12-14-18)29-25(30)23-19-7-3-2-4-10-22(19)34-24(23)28-26(29)33-16-15-32-21-9-6-5-8-20(21)27/h5-6,8-9,11-14H,2-4,7,10,15-16H2,1H3. The molecule has 0 fully saturated rings. The van der Waals surface area contributed by atoms with Gasteiger partial charge in [0, 0.05) is 10.6 Å². The van der Waals surface area contributed by atoms with Crippen molar-refractivity contribution in [2.24, 2.45) is 0 Å². The second-order valence-electron chi connectivity index (χ2n) is 8.10. The minimum atomic E-state index is -0.387. The maximum absolute atomic E-state index is 13.9. The first-order valence-electron chi connectivity index (χ1n) is 11.4. The Labute approximate surface area is 205 Å². The summed E-state index contributed by atoms with van der Waals surface area (Å²) >= 11 is 3.09. The van der Waals surface area contributed by atoms with Gasteiger partial charge >= 0.3 is 0 Å². The van der Waals surface area contributed by atoms with Gasteiger partial charge in [-0.1, -0.05) is 30.3 Å². The van der Waals surface area contributed by atoms with Gasteiger partial charge in [-0.05, 0) is 67.6 Å². The Hall–Kier alpha value is -2.84. The fourth-order valence-corrected chi connectivity index (χ4v) is 6.40. The molecule has 0 aliphatic heterocycles. The largest absolute Gasteiger partial charge is 0.497 e. The first-order chi connectivity index (χ1) is 16.7. The number of halogens is 1. The molecule has 1 aliphatic rings. The summed E-state index contributed by atoms with van der Waals surface area (Å²) in [6, 6.07) is 13.8. The zero-order valence-corrected chi connectivity index (χ0v) is 20.5. The van der Waals surface area contributed by atoms with E-state index in [0.717, 1.165) is 47.3 Å². The molecule has 0 N–H and O–H groups in total. The van der Waals surface area contributed by atoms with Crippen molar-refractivity contribution in [2.75, 3.05) is 19.5 Å². The minimum Gasteiger partial charge on any atom is -0.497 e. The topological polar surface area (TPSA) is 53.4 Å². The maximum Gasteiger partial charge on any atom is 0.267 e. The molecule has 2 aromatic carbocycles. The summed E-state index contributed by atoms with van der Waals surface area (Å²) in [4.78, 5) is 20.9. The number of thioether (sulfide) groups is 1. The number of thiophene rings is 1. The van der Waals surface area contributed by atoms with Crippen LogP contribution in [0.1, 0.15) is 29.7 Å². The van der Waals surface area contributed by atoms with E-state index in [1.165, 1.54) is 34.7 Å². The fraction of sp³-hybridized carbons (Fsp3) is 0.308. The van der Waals surface area contributed by atoms with Crippen molar-refractivity contribution in [1.82, 2.24) is 9.55 Å². The van der Waals surface area contributed by atoms with Crippen LogP contribution in [0.25, 0.3) is 15.9 Å². The molecule has 8 heteroatoms. The number of fused-ring (bicyclic) bond motifs is 3. The summed E-state index contributed by atoms with van der Waals surface area (Å²) < 4.78 is 26.4. The van der Waals surface area contributed by atoms with Crippen molar-refractivity contribution < 1.29 is 13.9 Å². The highest BCUT2D eigenvalue weighted by atomic mass is 32.2. The Kier molecular flexibility index (Phi) is 6.87. The predicted octanol–water partition coefficient (Wildman–Crippen LogP) is 6.03. The highest BCUT2D eigenvalue weighted by molar-refractivity contribution is 7.99.